The number of aryl methyl sites for hydroxylation is 1. The lowest BCUT2D eigenvalue weighted by Gasteiger charge is -2.18. The Bertz CT molecular complexity index is 1070. The monoisotopic (exact) mass is 445 g/mol. The molecule has 0 amide bonds. The van der Waals surface area contributed by atoms with Crippen LogP contribution < -0.4 is 9.47 Å². The summed E-state index contributed by atoms with van der Waals surface area (Å²) in [6.07, 6.45) is 3.48. The van der Waals surface area contributed by atoms with Gasteiger partial charge in [-0.2, -0.15) is 5.26 Å². The van der Waals surface area contributed by atoms with Crippen LogP contribution in [0.5, 0.6) is 11.5 Å². The van der Waals surface area contributed by atoms with Crippen molar-refractivity contribution in [3.8, 4) is 28.7 Å². The van der Waals surface area contributed by atoms with E-state index in [1.165, 1.54) is 12.1 Å². The van der Waals surface area contributed by atoms with Gasteiger partial charge in [-0.15, -0.1) is 0 Å². The van der Waals surface area contributed by atoms with Gasteiger partial charge in [-0.3, -0.25) is 0 Å². The van der Waals surface area contributed by atoms with Crippen molar-refractivity contribution in [3.05, 3.63) is 83.7 Å². The molecule has 3 rings (SSSR count). The number of benzene rings is 3. The van der Waals surface area contributed by atoms with Gasteiger partial charge < -0.3 is 9.47 Å². The van der Waals surface area contributed by atoms with Crippen LogP contribution in [0.2, 0.25) is 0 Å². The molecule has 0 atom stereocenters. The highest BCUT2D eigenvalue weighted by molar-refractivity contribution is 5.73. The summed E-state index contributed by atoms with van der Waals surface area (Å²) in [6.45, 7) is 7.05. The maximum Gasteiger partial charge on any atom is 0.131 e. The molecule has 0 heterocycles. The predicted molar refractivity (Wildman–Crippen MR) is 131 cm³/mol. The summed E-state index contributed by atoms with van der Waals surface area (Å²) in [4.78, 5) is 0. The Kier molecular flexibility index (Phi) is 8.49. The lowest BCUT2D eigenvalue weighted by atomic mass is 9.89. The molecule has 0 spiro atoms. The van der Waals surface area contributed by atoms with E-state index in [0.717, 1.165) is 53.7 Å². The summed E-state index contributed by atoms with van der Waals surface area (Å²) in [6, 6.07) is 22.9. The Morgan fingerprint density at radius 2 is 1.64 bits per heavy atom. The number of hydrogen-bond donors (Lipinski definition) is 0. The molecule has 0 aliphatic rings. The maximum absolute atomic E-state index is 13.5. The average Bonchev–Trinajstić information content (AvgIpc) is 2.83. The van der Waals surface area contributed by atoms with Gasteiger partial charge in [-0.1, -0.05) is 49.4 Å². The predicted octanol–water partition coefficient (Wildman–Crippen LogP) is 7.73. The summed E-state index contributed by atoms with van der Waals surface area (Å²) in [5.74, 6) is 1.26. The molecule has 4 heteroatoms. The van der Waals surface area contributed by atoms with E-state index in [-0.39, 0.29) is 11.2 Å². The van der Waals surface area contributed by atoms with Gasteiger partial charge in [-0.05, 0) is 74.4 Å². The van der Waals surface area contributed by atoms with Gasteiger partial charge in [0.15, 0.2) is 0 Å². The normalized spacial score (nSPS) is 11.1. The topological polar surface area (TPSA) is 42.2 Å². The molecule has 0 saturated carbocycles. The van der Waals surface area contributed by atoms with Crippen molar-refractivity contribution >= 4 is 0 Å². The highest BCUT2D eigenvalue weighted by Gasteiger charge is 2.16. The molecule has 0 aliphatic carbocycles. The van der Waals surface area contributed by atoms with Crippen LogP contribution in [0.3, 0.4) is 0 Å². The lowest BCUT2D eigenvalue weighted by molar-refractivity contribution is 0.283. The van der Waals surface area contributed by atoms with Crippen LogP contribution in [0.1, 0.15) is 51.2 Å². The minimum absolute atomic E-state index is 0.263. The molecule has 0 N–H and O–H groups in total. The SMILES string of the molecule is CCc1cc(-c2ccc(F)cc2)c(OCc2ccccc2)cc1OCCCCC(C)(C)C#N. The molecule has 0 aromatic heterocycles. The zero-order valence-electron chi connectivity index (χ0n) is 19.7. The van der Waals surface area contributed by atoms with Gasteiger partial charge in [-0.25, -0.2) is 4.39 Å². The van der Waals surface area contributed by atoms with Crippen LogP contribution in [-0.2, 0) is 13.0 Å². The van der Waals surface area contributed by atoms with Crippen LogP contribution in [0, 0.1) is 22.6 Å². The van der Waals surface area contributed by atoms with Crippen molar-refractivity contribution < 1.29 is 13.9 Å². The number of halogens is 1. The molecular weight excluding hydrogens is 413 g/mol. The number of unbranched alkanes of at least 4 members (excludes halogenated alkanes) is 1. The van der Waals surface area contributed by atoms with E-state index >= 15 is 0 Å². The van der Waals surface area contributed by atoms with Crippen LogP contribution in [0.15, 0.2) is 66.7 Å². The first kappa shape index (κ1) is 24.3. The van der Waals surface area contributed by atoms with E-state index in [9.17, 15) is 9.65 Å². The van der Waals surface area contributed by atoms with E-state index in [1.807, 2.05) is 50.2 Å². The van der Waals surface area contributed by atoms with E-state index in [2.05, 4.69) is 19.1 Å². The number of nitriles is 1. The van der Waals surface area contributed by atoms with Crippen molar-refractivity contribution in [1.82, 2.24) is 0 Å². The smallest absolute Gasteiger partial charge is 0.131 e. The molecule has 3 nitrogen and oxygen atoms in total. The fourth-order valence-electron chi connectivity index (χ4n) is 3.63. The molecular formula is C29H32FNO2. The van der Waals surface area contributed by atoms with Crippen molar-refractivity contribution in [1.29, 1.82) is 5.26 Å². The highest BCUT2D eigenvalue weighted by Crippen LogP contribution is 2.37. The first-order valence-corrected chi connectivity index (χ1v) is 11.6. The third-order valence-electron chi connectivity index (χ3n) is 5.69. The van der Waals surface area contributed by atoms with Gasteiger partial charge in [0.2, 0.25) is 0 Å². The fourth-order valence-corrected chi connectivity index (χ4v) is 3.63. The van der Waals surface area contributed by atoms with Gasteiger partial charge in [0, 0.05) is 11.6 Å². The third kappa shape index (κ3) is 7.08. The van der Waals surface area contributed by atoms with E-state index in [0.29, 0.717) is 19.0 Å². The number of nitrogens with zero attached hydrogens (tertiary/aromatic N) is 1. The Balaban J connectivity index is 1.81. The van der Waals surface area contributed by atoms with Gasteiger partial charge in [0.1, 0.15) is 23.9 Å². The molecule has 172 valence electrons. The van der Waals surface area contributed by atoms with Gasteiger partial charge in [0.25, 0.3) is 0 Å². The second kappa shape index (κ2) is 11.5. The van der Waals surface area contributed by atoms with Crippen LogP contribution in [0.4, 0.5) is 4.39 Å². The Morgan fingerprint density at radius 3 is 2.30 bits per heavy atom. The Morgan fingerprint density at radius 1 is 0.909 bits per heavy atom. The second-order valence-corrected chi connectivity index (χ2v) is 8.89. The van der Waals surface area contributed by atoms with Crippen LogP contribution in [0.25, 0.3) is 11.1 Å². The summed E-state index contributed by atoms with van der Waals surface area (Å²) < 4.78 is 25.9. The second-order valence-electron chi connectivity index (χ2n) is 8.89. The minimum atomic E-state index is -0.302. The lowest BCUT2D eigenvalue weighted by Crippen LogP contribution is -2.08. The van der Waals surface area contributed by atoms with Crippen molar-refractivity contribution in [2.45, 2.75) is 53.1 Å². The first-order valence-electron chi connectivity index (χ1n) is 11.6. The number of rotatable bonds is 11. The molecule has 3 aromatic carbocycles. The minimum Gasteiger partial charge on any atom is -0.493 e. The van der Waals surface area contributed by atoms with E-state index in [4.69, 9.17) is 9.47 Å². The average molecular weight is 446 g/mol. The molecule has 0 unspecified atom stereocenters. The van der Waals surface area contributed by atoms with Crippen molar-refractivity contribution in [2.24, 2.45) is 5.41 Å². The molecule has 0 bridgehead atoms. The van der Waals surface area contributed by atoms with E-state index in [1.54, 1.807) is 12.1 Å². The van der Waals surface area contributed by atoms with E-state index < -0.39 is 0 Å². The van der Waals surface area contributed by atoms with Crippen LogP contribution >= 0.6 is 0 Å². The molecule has 0 fully saturated rings. The van der Waals surface area contributed by atoms with Gasteiger partial charge >= 0.3 is 0 Å². The summed E-state index contributed by atoms with van der Waals surface area (Å²) >= 11 is 0. The molecule has 0 aliphatic heterocycles. The number of ether oxygens (including phenoxy) is 2. The third-order valence-corrected chi connectivity index (χ3v) is 5.69. The summed E-state index contributed by atoms with van der Waals surface area (Å²) in [5, 5.41) is 9.18. The fraction of sp³-hybridized carbons (Fsp3) is 0.345. The molecule has 0 radical (unpaired) electrons. The van der Waals surface area contributed by atoms with Gasteiger partial charge in [0.05, 0.1) is 18.1 Å². The standard InChI is InChI=1S/C29H32FNO2/c1-4-23-18-26(24-12-14-25(30)15-13-24)28(33-20-22-10-6-5-7-11-22)19-27(23)32-17-9-8-16-29(2,3)21-31/h5-7,10-15,18-19H,4,8-9,16-17,20H2,1-3H3. The highest BCUT2D eigenvalue weighted by atomic mass is 19.1. The zero-order chi connectivity index (χ0) is 23.7. The maximum atomic E-state index is 13.5. The Labute approximate surface area is 196 Å². The Hall–Kier alpha value is -3.32. The summed E-state index contributed by atoms with van der Waals surface area (Å²) in [5.41, 5.74) is 3.68. The first-order chi connectivity index (χ1) is 15.9. The van der Waals surface area contributed by atoms with Crippen molar-refractivity contribution in [2.75, 3.05) is 6.61 Å². The molecule has 3 aromatic rings. The van der Waals surface area contributed by atoms with Crippen LogP contribution in [-0.4, -0.2) is 6.61 Å². The zero-order valence-corrected chi connectivity index (χ0v) is 19.7. The van der Waals surface area contributed by atoms with Crippen molar-refractivity contribution in [3.63, 3.8) is 0 Å². The number of hydrogen-bond acceptors (Lipinski definition) is 3. The quantitative estimate of drug-likeness (QED) is 0.284. The summed E-state index contributed by atoms with van der Waals surface area (Å²) in [7, 11) is 0. The largest absolute Gasteiger partial charge is 0.493 e. The molecule has 33 heavy (non-hydrogen) atoms. The molecule has 0 saturated heterocycles.